The van der Waals surface area contributed by atoms with Gasteiger partial charge in [-0.3, -0.25) is 9.69 Å². The first kappa shape index (κ1) is 27.9. The predicted molar refractivity (Wildman–Crippen MR) is 153 cm³/mol. The number of hydrogen-bond acceptors (Lipinski definition) is 7. The van der Waals surface area contributed by atoms with Crippen LogP contribution in [0.5, 0.6) is 0 Å². The Hall–Kier alpha value is -3.63. The van der Waals surface area contributed by atoms with Crippen LogP contribution in [-0.4, -0.2) is 79.3 Å². The highest BCUT2D eigenvalue weighted by atomic mass is 19.1. The van der Waals surface area contributed by atoms with Crippen molar-refractivity contribution in [2.75, 3.05) is 61.6 Å². The number of aromatic nitrogens is 2. The van der Waals surface area contributed by atoms with Crippen LogP contribution in [0, 0.1) is 25.5 Å². The van der Waals surface area contributed by atoms with Crippen molar-refractivity contribution in [3.05, 3.63) is 65.0 Å². The molecule has 1 aromatic heterocycles. The molecule has 0 radical (unpaired) electrons. The van der Waals surface area contributed by atoms with Gasteiger partial charge in [0.05, 0.1) is 24.6 Å². The zero-order chi connectivity index (χ0) is 28.6. The first-order valence-corrected chi connectivity index (χ1v) is 13.7. The van der Waals surface area contributed by atoms with Crippen LogP contribution in [0.2, 0.25) is 0 Å². The Morgan fingerprint density at radius 2 is 1.55 bits per heavy atom. The minimum absolute atomic E-state index is 0.235. The number of benzene rings is 2. The molecular formula is C30H36F2N6O2. The van der Waals surface area contributed by atoms with Gasteiger partial charge in [-0.15, -0.1) is 0 Å². The molecule has 1 amide bonds. The van der Waals surface area contributed by atoms with E-state index in [-0.39, 0.29) is 29.4 Å². The van der Waals surface area contributed by atoms with Gasteiger partial charge in [0.25, 0.3) is 5.91 Å². The quantitative estimate of drug-likeness (QED) is 0.496. The van der Waals surface area contributed by atoms with E-state index in [1.807, 2.05) is 4.90 Å². The lowest BCUT2D eigenvalue weighted by atomic mass is 10.0. The van der Waals surface area contributed by atoms with Crippen molar-refractivity contribution in [3.63, 3.8) is 0 Å². The number of hydrogen-bond donors (Lipinski definition) is 1. The van der Waals surface area contributed by atoms with E-state index in [0.717, 1.165) is 0 Å². The normalized spacial score (nSPS) is 20.1. The fourth-order valence-corrected chi connectivity index (χ4v) is 5.41. The molecule has 212 valence electrons. The molecule has 40 heavy (non-hydrogen) atoms. The number of nitrogens with one attached hydrogen (secondary N) is 1. The molecule has 5 rings (SSSR count). The molecule has 2 saturated heterocycles. The highest BCUT2D eigenvalue weighted by Crippen LogP contribution is 2.36. The van der Waals surface area contributed by atoms with Gasteiger partial charge in [-0.05, 0) is 70.1 Å². The zero-order valence-electron chi connectivity index (χ0n) is 23.7. The molecule has 2 aliphatic heterocycles. The maximum atomic E-state index is 15.7. The molecule has 2 aliphatic rings. The summed E-state index contributed by atoms with van der Waals surface area (Å²) >= 11 is 0. The Morgan fingerprint density at radius 1 is 0.950 bits per heavy atom. The van der Waals surface area contributed by atoms with E-state index < -0.39 is 5.82 Å². The van der Waals surface area contributed by atoms with Crippen LogP contribution in [-0.2, 0) is 4.74 Å². The van der Waals surface area contributed by atoms with E-state index in [2.05, 4.69) is 46.0 Å². The molecule has 1 N–H and O–H groups in total. The fraction of sp³-hybridized carbons (Fsp3) is 0.433. The lowest BCUT2D eigenvalue weighted by Gasteiger charge is -2.44. The molecule has 8 nitrogen and oxygen atoms in total. The summed E-state index contributed by atoms with van der Waals surface area (Å²) in [4.78, 5) is 28.8. The lowest BCUT2D eigenvalue weighted by Crippen LogP contribution is -2.55. The van der Waals surface area contributed by atoms with Crippen LogP contribution < -0.4 is 15.1 Å². The maximum absolute atomic E-state index is 15.7. The monoisotopic (exact) mass is 550 g/mol. The van der Waals surface area contributed by atoms with E-state index >= 15 is 4.39 Å². The second-order valence-corrected chi connectivity index (χ2v) is 10.9. The van der Waals surface area contributed by atoms with E-state index in [1.54, 1.807) is 32.3 Å². The van der Waals surface area contributed by atoms with Crippen molar-refractivity contribution in [3.8, 4) is 11.1 Å². The first-order valence-electron chi connectivity index (χ1n) is 13.7. The smallest absolute Gasteiger partial charge is 0.255 e. The van der Waals surface area contributed by atoms with Crippen LogP contribution in [0.25, 0.3) is 11.1 Å². The minimum atomic E-state index is -0.427. The van der Waals surface area contributed by atoms with E-state index in [4.69, 9.17) is 4.74 Å². The van der Waals surface area contributed by atoms with Gasteiger partial charge < -0.3 is 19.9 Å². The Balaban J connectivity index is 1.52. The van der Waals surface area contributed by atoms with Crippen molar-refractivity contribution in [2.45, 2.75) is 39.8 Å². The van der Waals surface area contributed by atoms with Crippen molar-refractivity contribution < 1.29 is 18.3 Å². The molecule has 0 spiro atoms. The Kier molecular flexibility index (Phi) is 8.00. The van der Waals surface area contributed by atoms with Gasteiger partial charge in [-0.1, -0.05) is 0 Å². The van der Waals surface area contributed by atoms with Crippen molar-refractivity contribution in [2.24, 2.45) is 0 Å². The number of anilines is 3. The van der Waals surface area contributed by atoms with E-state index in [0.29, 0.717) is 79.0 Å². The number of carbonyl (C=O) groups excluding carboxylic acids is 1. The Bertz CT molecular complexity index is 1360. The van der Waals surface area contributed by atoms with Crippen LogP contribution in [0.4, 0.5) is 26.1 Å². The number of nitrogens with zero attached hydrogens (tertiary/aromatic N) is 5. The van der Waals surface area contributed by atoms with Crippen molar-refractivity contribution >= 4 is 23.2 Å². The Morgan fingerprint density at radius 3 is 2.15 bits per heavy atom. The summed E-state index contributed by atoms with van der Waals surface area (Å²) in [6.45, 7) is 11.5. The van der Waals surface area contributed by atoms with Crippen LogP contribution in [0.1, 0.15) is 35.3 Å². The number of halogens is 2. The molecule has 0 unspecified atom stereocenters. The second kappa shape index (κ2) is 11.5. The summed E-state index contributed by atoms with van der Waals surface area (Å²) in [5.74, 6) is -0.579. The van der Waals surface area contributed by atoms with Crippen LogP contribution in [0.3, 0.4) is 0 Å². The average molecular weight is 551 g/mol. The third-order valence-electron chi connectivity index (χ3n) is 7.98. The van der Waals surface area contributed by atoms with E-state index in [9.17, 15) is 9.18 Å². The number of carbonyl (C=O) groups is 1. The van der Waals surface area contributed by atoms with Gasteiger partial charge in [0.15, 0.2) is 0 Å². The highest BCUT2D eigenvalue weighted by molar-refractivity contribution is 6.06. The largest absolute Gasteiger partial charge is 0.378 e. The summed E-state index contributed by atoms with van der Waals surface area (Å²) in [7, 11) is 2.08. The first-order chi connectivity index (χ1) is 19.1. The number of morpholine rings is 1. The molecule has 3 heterocycles. The number of aryl methyl sites for hydroxylation is 2. The summed E-state index contributed by atoms with van der Waals surface area (Å²) in [5.41, 5.74) is 2.99. The zero-order valence-corrected chi connectivity index (χ0v) is 23.7. The average Bonchev–Trinajstić information content (AvgIpc) is 2.95. The minimum Gasteiger partial charge on any atom is -0.378 e. The van der Waals surface area contributed by atoms with Gasteiger partial charge >= 0.3 is 0 Å². The van der Waals surface area contributed by atoms with Crippen LogP contribution in [0.15, 0.2) is 36.7 Å². The third-order valence-corrected chi connectivity index (χ3v) is 7.98. The standard InChI is InChI=1S/C30H36F2N6O2/c1-18-10-22(11-19(2)28(18)32)29(39)35-26-12-24(23-14-33-30(34-15-23)37-6-8-40-9-7-37)25(31)13-27(26)38-16-20(3)36(5)21(4)17-38/h10-15,20-21H,6-9,16-17H2,1-5H3,(H,35,39)/t20-,21+. The van der Waals surface area contributed by atoms with Gasteiger partial charge in [0, 0.05) is 67.3 Å². The number of rotatable bonds is 5. The SMILES string of the molecule is Cc1cc(C(=O)Nc2cc(-c3cnc(N4CCOCC4)nc3)c(F)cc2N2C[C@@H](C)N(C)[C@@H](C)C2)cc(C)c1F. The summed E-state index contributed by atoms with van der Waals surface area (Å²) < 4.78 is 35.4. The molecule has 10 heteroatoms. The third kappa shape index (κ3) is 5.64. The Labute approximate surface area is 234 Å². The molecule has 2 aromatic carbocycles. The molecule has 2 atom stereocenters. The van der Waals surface area contributed by atoms with Crippen molar-refractivity contribution in [1.82, 2.24) is 14.9 Å². The van der Waals surface area contributed by atoms with Gasteiger partial charge in [-0.25, -0.2) is 18.7 Å². The summed E-state index contributed by atoms with van der Waals surface area (Å²) in [6.07, 6.45) is 3.21. The van der Waals surface area contributed by atoms with Gasteiger partial charge in [-0.2, -0.15) is 0 Å². The molecule has 3 aromatic rings. The summed E-state index contributed by atoms with van der Waals surface area (Å²) in [5, 5.41) is 2.99. The highest BCUT2D eigenvalue weighted by Gasteiger charge is 2.29. The number of ether oxygens (including phenoxy) is 1. The molecule has 0 aliphatic carbocycles. The van der Waals surface area contributed by atoms with Crippen LogP contribution >= 0.6 is 0 Å². The predicted octanol–water partition coefficient (Wildman–Crippen LogP) is 4.66. The molecule has 0 bridgehead atoms. The molecule has 0 saturated carbocycles. The number of likely N-dealkylation sites (N-methyl/N-ethyl adjacent to an activating group) is 1. The van der Waals surface area contributed by atoms with Gasteiger partial charge in [0.1, 0.15) is 11.6 Å². The molecule has 2 fully saturated rings. The lowest BCUT2D eigenvalue weighted by molar-refractivity contribution is 0.102. The summed E-state index contributed by atoms with van der Waals surface area (Å²) in [6, 6.07) is 6.65. The van der Waals surface area contributed by atoms with Gasteiger partial charge in [0.2, 0.25) is 5.95 Å². The van der Waals surface area contributed by atoms with E-state index in [1.165, 1.54) is 18.2 Å². The van der Waals surface area contributed by atoms with Crippen molar-refractivity contribution in [1.29, 1.82) is 0 Å². The maximum Gasteiger partial charge on any atom is 0.255 e. The fourth-order valence-electron chi connectivity index (χ4n) is 5.41. The number of amides is 1. The molecular weight excluding hydrogens is 514 g/mol. The second-order valence-electron chi connectivity index (χ2n) is 10.9. The number of piperazine rings is 1. The topological polar surface area (TPSA) is 73.8 Å².